The molecule has 1 N–H and O–H groups in total. The average Bonchev–Trinajstić information content (AvgIpc) is 2.86. The van der Waals surface area contributed by atoms with E-state index in [1.807, 2.05) is 0 Å². The van der Waals surface area contributed by atoms with Crippen molar-refractivity contribution in [3.8, 4) is 5.75 Å². The molecule has 1 aromatic heterocycles. The highest BCUT2D eigenvalue weighted by atomic mass is 19.1. The molecule has 0 bridgehead atoms. The molecule has 0 amide bonds. The highest BCUT2D eigenvalue weighted by molar-refractivity contribution is 5.85. The SMILES string of the molecule is O=C(O)/C=C/c1cc(F)cc(OCc2ccno2)c1. The fourth-order valence-electron chi connectivity index (χ4n) is 1.40. The third kappa shape index (κ3) is 3.95. The summed E-state index contributed by atoms with van der Waals surface area (Å²) in [7, 11) is 0. The maximum atomic E-state index is 13.3. The van der Waals surface area contributed by atoms with Crippen LogP contribution in [0.4, 0.5) is 4.39 Å². The first-order valence-corrected chi connectivity index (χ1v) is 5.37. The molecule has 98 valence electrons. The second-order valence-corrected chi connectivity index (χ2v) is 3.66. The van der Waals surface area contributed by atoms with Crippen LogP contribution in [-0.4, -0.2) is 16.2 Å². The number of nitrogens with zero attached hydrogens (tertiary/aromatic N) is 1. The minimum absolute atomic E-state index is 0.117. The smallest absolute Gasteiger partial charge is 0.328 e. The number of rotatable bonds is 5. The molecule has 19 heavy (non-hydrogen) atoms. The third-order valence-corrected chi connectivity index (χ3v) is 2.18. The van der Waals surface area contributed by atoms with Crippen LogP contribution in [0.5, 0.6) is 5.75 Å². The molecule has 0 aliphatic rings. The Morgan fingerprint density at radius 3 is 3.00 bits per heavy atom. The predicted octanol–water partition coefficient (Wildman–Crippen LogP) is 2.49. The van der Waals surface area contributed by atoms with Crippen molar-refractivity contribution in [2.24, 2.45) is 0 Å². The van der Waals surface area contributed by atoms with Crippen LogP contribution in [0.15, 0.2) is 41.1 Å². The van der Waals surface area contributed by atoms with Crippen molar-refractivity contribution >= 4 is 12.0 Å². The Morgan fingerprint density at radius 2 is 2.32 bits per heavy atom. The van der Waals surface area contributed by atoms with Gasteiger partial charge in [0.2, 0.25) is 0 Å². The molecule has 0 unspecified atom stereocenters. The van der Waals surface area contributed by atoms with Crippen molar-refractivity contribution in [3.05, 3.63) is 53.7 Å². The maximum absolute atomic E-state index is 13.3. The number of hydrogen-bond acceptors (Lipinski definition) is 4. The van der Waals surface area contributed by atoms with Crippen molar-refractivity contribution in [1.82, 2.24) is 5.16 Å². The molecule has 0 aliphatic heterocycles. The lowest BCUT2D eigenvalue weighted by Crippen LogP contribution is -1.95. The molecule has 0 radical (unpaired) electrons. The Kier molecular flexibility index (Phi) is 3.92. The summed E-state index contributed by atoms with van der Waals surface area (Å²) in [6.07, 6.45) is 3.69. The van der Waals surface area contributed by atoms with Crippen LogP contribution in [0.3, 0.4) is 0 Å². The Balaban J connectivity index is 2.10. The van der Waals surface area contributed by atoms with Crippen LogP contribution in [0.25, 0.3) is 6.08 Å². The van der Waals surface area contributed by atoms with Gasteiger partial charge in [-0.3, -0.25) is 0 Å². The van der Waals surface area contributed by atoms with Crippen LogP contribution >= 0.6 is 0 Å². The number of hydrogen-bond donors (Lipinski definition) is 1. The largest absolute Gasteiger partial charge is 0.485 e. The van der Waals surface area contributed by atoms with Gasteiger partial charge in [-0.05, 0) is 23.8 Å². The van der Waals surface area contributed by atoms with Gasteiger partial charge in [0.15, 0.2) is 5.76 Å². The number of carboxylic acid groups (broad SMARTS) is 1. The normalized spacial score (nSPS) is 10.8. The van der Waals surface area contributed by atoms with E-state index in [1.54, 1.807) is 6.07 Å². The van der Waals surface area contributed by atoms with E-state index in [0.717, 1.165) is 6.08 Å². The van der Waals surface area contributed by atoms with Gasteiger partial charge in [-0.15, -0.1) is 0 Å². The quantitative estimate of drug-likeness (QED) is 0.839. The molecule has 0 saturated heterocycles. The summed E-state index contributed by atoms with van der Waals surface area (Å²) in [4.78, 5) is 10.4. The van der Waals surface area contributed by atoms with E-state index < -0.39 is 11.8 Å². The summed E-state index contributed by atoms with van der Waals surface area (Å²) in [5.41, 5.74) is 0.398. The maximum Gasteiger partial charge on any atom is 0.328 e. The number of halogens is 1. The molecule has 0 saturated carbocycles. The minimum atomic E-state index is -1.10. The second kappa shape index (κ2) is 5.81. The van der Waals surface area contributed by atoms with Crippen molar-refractivity contribution in [2.45, 2.75) is 6.61 Å². The van der Waals surface area contributed by atoms with Crippen LogP contribution in [-0.2, 0) is 11.4 Å². The number of carbonyl (C=O) groups is 1. The number of ether oxygens (including phenoxy) is 1. The zero-order valence-electron chi connectivity index (χ0n) is 9.75. The molecule has 6 heteroatoms. The first-order chi connectivity index (χ1) is 9.13. The van der Waals surface area contributed by atoms with Gasteiger partial charge in [-0.2, -0.15) is 0 Å². The Hall–Kier alpha value is -2.63. The van der Waals surface area contributed by atoms with Gasteiger partial charge in [-0.1, -0.05) is 5.16 Å². The van der Waals surface area contributed by atoms with Gasteiger partial charge >= 0.3 is 5.97 Å². The number of carboxylic acids is 1. The highest BCUT2D eigenvalue weighted by Crippen LogP contribution is 2.18. The van der Waals surface area contributed by atoms with Crippen molar-refractivity contribution < 1.29 is 23.6 Å². The summed E-state index contributed by atoms with van der Waals surface area (Å²) in [5.74, 6) is -0.832. The van der Waals surface area contributed by atoms with E-state index >= 15 is 0 Å². The zero-order chi connectivity index (χ0) is 13.7. The van der Waals surface area contributed by atoms with E-state index in [9.17, 15) is 9.18 Å². The molecule has 5 nitrogen and oxygen atoms in total. The monoisotopic (exact) mass is 263 g/mol. The van der Waals surface area contributed by atoms with E-state index in [2.05, 4.69) is 5.16 Å². The summed E-state index contributed by atoms with van der Waals surface area (Å²) in [5, 5.41) is 12.0. The van der Waals surface area contributed by atoms with Gasteiger partial charge in [0.05, 0.1) is 6.20 Å². The molecular formula is C13H10FNO4. The van der Waals surface area contributed by atoms with E-state index in [0.29, 0.717) is 11.3 Å². The van der Waals surface area contributed by atoms with Gasteiger partial charge in [0.1, 0.15) is 18.2 Å². The van der Waals surface area contributed by atoms with Crippen LogP contribution in [0, 0.1) is 5.82 Å². The highest BCUT2D eigenvalue weighted by Gasteiger charge is 2.03. The lowest BCUT2D eigenvalue weighted by molar-refractivity contribution is -0.131. The van der Waals surface area contributed by atoms with Crippen molar-refractivity contribution in [3.63, 3.8) is 0 Å². The molecule has 1 aromatic carbocycles. The Labute approximate surface area is 107 Å². The lowest BCUT2D eigenvalue weighted by Gasteiger charge is -2.05. The van der Waals surface area contributed by atoms with E-state index in [4.69, 9.17) is 14.4 Å². The van der Waals surface area contributed by atoms with Gasteiger partial charge in [0, 0.05) is 18.2 Å². The molecule has 0 aliphatic carbocycles. The molecule has 0 spiro atoms. The van der Waals surface area contributed by atoms with Crippen LogP contribution in [0.1, 0.15) is 11.3 Å². The molecule has 1 heterocycles. The lowest BCUT2D eigenvalue weighted by atomic mass is 10.2. The van der Waals surface area contributed by atoms with Gasteiger partial charge in [-0.25, -0.2) is 9.18 Å². The minimum Gasteiger partial charge on any atom is -0.485 e. The van der Waals surface area contributed by atoms with Crippen LogP contribution in [0.2, 0.25) is 0 Å². The number of benzene rings is 1. The zero-order valence-corrected chi connectivity index (χ0v) is 9.75. The molecular weight excluding hydrogens is 253 g/mol. The van der Waals surface area contributed by atoms with E-state index in [-0.39, 0.29) is 12.4 Å². The fourth-order valence-corrected chi connectivity index (χ4v) is 1.40. The fraction of sp³-hybridized carbons (Fsp3) is 0.0769. The molecule has 0 fully saturated rings. The van der Waals surface area contributed by atoms with Crippen LogP contribution < -0.4 is 4.74 Å². The summed E-state index contributed by atoms with van der Waals surface area (Å²) >= 11 is 0. The first kappa shape index (κ1) is 12.8. The molecule has 2 rings (SSSR count). The Morgan fingerprint density at radius 1 is 1.47 bits per heavy atom. The molecule has 2 aromatic rings. The van der Waals surface area contributed by atoms with Crippen molar-refractivity contribution in [2.75, 3.05) is 0 Å². The van der Waals surface area contributed by atoms with E-state index in [1.165, 1.54) is 30.5 Å². The Bertz CT molecular complexity index is 593. The first-order valence-electron chi connectivity index (χ1n) is 5.37. The van der Waals surface area contributed by atoms with Gasteiger partial charge < -0.3 is 14.4 Å². The summed E-state index contributed by atoms with van der Waals surface area (Å²) in [6.45, 7) is 0.117. The number of aliphatic carboxylic acids is 1. The number of aromatic nitrogens is 1. The predicted molar refractivity (Wildman–Crippen MR) is 63.9 cm³/mol. The summed E-state index contributed by atoms with van der Waals surface area (Å²) < 4.78 is 23.5. The second-order valence-electron chi connectivity index (χ2n) is 3.66. The summed E-state index contributed by atoms with van der Waals surface area (Å²) in [6, 6.07) is 5.57. The average molecular weight is 263 g/mol. The van der Waals surface area contributed by atoms with Crippen molar-refractivity contribution in [1.29, 1.82) is 0 Å². The van der Waals surface area contributed by atoms with Gasteiger partial charge in [0.25, 0.3) is 0 Å². The standard InChI is InChI=1S/C13H10FNO4/c14-10-5-9(1-2-13(16)17)6-12(7-10)18-8-11-3-4-15-19-11/h1-7H,8H2,(H,16,17)/b2-1+. The topological polar surface area (TPSA) is 72.6 Å². The molecule has 0 atom stereocenters. The third-order valence-electron chi connectivity index (χ3n) is 2.18.